The zero-order valence-corrected chi connectivity index (χ0v) is 15.3. The Kier molecular flexibility index (Phi) is 5.22. The van der Waals surface area contributed by atoms with Crippen molar-refractivity contribution < 1.29 is 14.6 Å². The van der Waals surface area contributed by atoms with E-state index in [0.29, 0.717) is 5.92 Å². The highest BCUT2D eigenvalue weighted by molar-refractivity contribution is 5.84. The normalized spacial score (nSPS) is 35.4. The standard InChI is InChI=1S/C20H31NO3/c1-14(2)8-11-20(23,17-6-4-5-7-17)19(22)24-18-15(3)21-12-9-16(18)10-13-21/h14-18,23H,4-7,9-10,12-13H2,1-3H3. The maximum absolute atomic E-state index is 13.0. The molecule has 1 N–H and O–H groups in total. The Hall–Kier alpha value is -1.05. The highest BCUT2D eigenvalue weighted by Crippen LogP contribution is 2.38. The van der Waals surface area contributed by atoms with Crippen LogP contribution in [-0.2, 0) is 9.53 Å². The van der Waals surface area contributed by atoms with Crippen LogP contribution >= 0.6 is 0 Å². The number of nitrogens with zero attached hydrogens (tertiary/aromatic N) is 1. The van der Waals surface area contributed by atoms with Crippen molar-refractivity contribution in [2.75, 3.05) is 13.1 Å². The van der Waals surface area contributed by atoms with Gasteiger partial charge in [-0.15, -0.1) is 0 Å². The van der Waals surface area contributed by atoms with Crippen molar-refractivity contribution in [3.05, 3.63) is 0 Å². The van der Waals surface area contributed by atoms with Gasteiger partial charge in [0.25, 0.3) is 0 Å². The number of ether oxygens (including phenoxy) is 1. The van der Waals surface area contributed by atoms with Gasteiger partial charge in [0.05, 0.1) is 0 Å². The minimum Gasteiger partial charge on any atom is -0.458 e. The molecule has 3 saturated heterocycles. The van der Waals surface area contributed by atoms with Crippen molar-refractivity contribution in [1.29, 1.82) is 0 Å². The molecule has 0 aromatic rings. The van der Waals surface area contributed by atoms with Gasteiger partial charge in [-0.3, -0.25) is 4.90 Å². The Morgan fingerprint density at radius 2 is 1.83 bits per heavy atom. The molecule has 1 aliphatic carbocycles. The van der Waals surface area contributed by atoms with Gasteiger partial charge < -0.3 is 9.84 Å². The molecule has 4 nitrogen and oxygen atoms in total. The Morgan fingerprint density at radius 3 is 2.38 bits per heavy atom. The van der Waals surface area contributed by atoms with Crippen LogP contribution in [0.4, 0.5) is 0 Å². The summed E-state index contributed by atoms with van der Waals surface area (Å²) in [6, 6.07) is 0.243. The fourth-order valence-electron chi connectivity index (χ4n) is 4.58. The molecule has 3 unspecified atom stereocenters. The van der Waals surface area contributed by atoms with Crippen LogP contribution in [0.1, 0.15) is 59.3 Å². The van der Waals surface area contributed by atoms with Gasteiger partial charge in [0.1, 0.15) is 6.10 Å². The number of aliphatic hydroxyl groups is 1. The van der Waals surface area contributed by atoms with Gasteiger partial charge in [-0.05, 0) is 51.6 Å². The fraction of sp³-hybridized carbons (Fsp3) is 0.850. The third kappa shape index (κ3) is 3.34. The van der Waals surface area contributed by atoms with Crippen LogP contribution in [0.2, 0.25) is 0 Å². The van der Waals surface area contributed by atoms with E-state index in [1.165, 1.54) is 0 Å². The van der Waals surface area contributed by atoms with E-state index in [4.69, 9.17) is 4.74 Å². The molecule has 3 atom stereocenters. The van der Waals surface area contributed by atoms with Gasteiger partial charge in [0, 0.05) is 17.9 Å². The lowest BCUT2D eigenvalue weighted by Gasteiger charge is -2.49. The lowest BCUT2D eigenvalue weighted by Crippen LogP contribution is -2.59. The number of hydrogen-bond acceptors (Lipinski definition) is 4. The maximum Gasteiger partial charge on any atom is 0.351 e. The van der Waals surface area contributed by atoms with E-state index >= 15 is 0 Å². The number of rotatable bonds is 3. The highest BCUT2D eigenvalue weighted by atomic mass is 16.6. The molecule has 2 bridgehead atoms. The second-order valence-corrected chi connectivity index (χ2v) is 8.16. The molecule has 0 aromatic carbocycles. The monoisotopic (exact) mass is 333 g/mol. The summed E-state index contributed by atoms with van der Waals surface area (Å²) in [4.78, 5) is 15.4. The van der Waals surface area contributed by atoms with E-state index in [-0.39, 0.29) is 24.0 Å². The number of hydrogen-bond donors (Lipinski definition) is 1. The minimum absolute atomic E-state index is 0.0901. The van der Waals surface area contributed by atoms with E-state index in [9.17, 15) is 9.90 Å². The van der Waals surface area contributed by atoms with Crippen LogP contribution < -0.4 is 0 Å². The number of carbonyl (C=O) groups is 1. The molecule has 0 aromatic heterocycles. The van der Waals surface area contributed by atoms with Crippen molar-refractivity contribution in [3.63, 3.8) is 0 Å². The van der Waals surface area contributed by atoms with Crippen LogP contribution in [0.5, 0.6) is 0 Å². The van der Waals surface area contributed by atoms with Gasteiger partial charge in [-0.1, -0.05) is 38.5 Å². The van der Waals surface area contributed by atoms with Crippen molar-refractivity contribution in [2.24, 2.45) is 17.8 Å². The molecule has 24 heavy (non-hydrogen) atoms. The zero-order chi connectivity index (χ0) is 17.3. The zero-order valence-electron chi connectivity index (χ0n) is 15.3. The lowest BCUT2D eigenvalue weighted by atomic mass is 9.80. The van der Waals surface area contributed by atoms with Crippen LogP contribution in [0.25, 0.3) is 0 Å². The van der Waals surface area contributed by atoms with Crippen molar-refractivity contribution in [1.82, 2.24) is 4.90 Å². The first-order valence-corrected chi connectivity index (χ1v) is 9.62. The predicted octanol–water partition coefficient (Wildman–Crippen LogP) is 2.59. The van der Waals surface area contributed by atoms with Crippen molar-refractivity contribution in [3.8, 4) is 11.8 Å². The molecule has 3 aliphatic heterocycles. The van der Waals surface area contributed by atoms with Gasteiger partial charge in [-0.2, -0.15) is 0 Å². The van der Waals surface area contributed by atoms with E-state index in [1.54, 1.807) is 0 Å². The molecular weight excluding hydrogens is 302 g/mol. The summed E-state index contributed by atoms with van der Waals surface area (Å²) in [5, 5.41) is 11.2. The summed E-state index contributed by atoms with van der Waals surface area (Å²) in [6.45, 7) is 8.28. The molecule has 3 heterocycles. The largest absolute Gasteiger partial charge is 0.458 e. The molecular formula is C20H31NO3. The van der Waals surface area contributed by atoms with Crippen LogP contribution in [-0.4, -0.2) is 46.8 Å². The summed E-state index contributed by atoms with van der Waals surface area (Å²) in [5.74, 6) is 5.88. The first-order chi connectivity index (χ1) is 11.4. The molecule has 4 rings (SSSR count). The van der Waals surface area contributed by atoms with E-state index in [2.05, 4.69) is 23.7 Å². The summed E-state index contributed by atoms with van der Waals surface area (Å²) < 4.78 is 5.91. The molecule has 0 spiro atoms. The van der Waals surface area contributed by atoms with Crippen molar-refractivity contribution >= 4 is 5.97 Å². The molecule has 0 radical (unpaired) electrons. The summed E-state index contributed by atoms with van der Waals surface area (Å²) >= 11 is 0. The first-order valence-electron chi connectivity index (χ1n) is 9.62. The molecule has 4 aliphatic rings. The third-order valence-corrected chi connectivity index (χ3v) is 6.14. The smallest absolute Gasteiger partial charge is 0.351 e. The quantitative estimate of drug-likeness (QED) is 0.637. The third-order valence-electron chi connectivity index (χ3n) is 6.14. The molecule has 1 saturated carbocycles. The van der Waals surface area contributed by atoms with Crippen molar-refractivity contribution in [2.45, 2.75) is 77.0 Å². The molecule has 134 valence electrons. The topological polar surface area (TPSA) is 49.8 Å². The summed E-state index contributed by atoms with van der Waals surface area (Å²) in [7, 11) is 0. The van der Waals surface area contributed by atoms with Gasteiger partial charge in [0.2, 0.25) is 5.60 Å². The Morgan fingerprint density at radius 1 is 1.21 bits per heavy atom. The molecule has 4 fully saturated rings. The average Bonchev–Trinajstić information content (AvgIpc) is 3.11. The van der Waals surface area contributed by atoms with E-state index in [1.807, 2.05) is 13.8 Å². The van der Waals surface area contributed by atoms with E-state index in [0.717, 1.165) is 51.6 Å². The average molecular weight is 333 g/mol. The predicted molar refractivity (Wildman–Crippen MR) is 93.2 cm³/mol. The van der Waals surface area contributed by atoms with Crippen LogP contribution in [0.3, 0.4) is 0 Å². The number of esters is 1. The lowest BCUT2D eigenvalue weighted by molar-refractivity contribution is -0.184. The SMILES string of the molecule is CC(C)C#CC(O)(C(=O)OC1C2CCN(CC2)C1C)C1CCCC1. The second-order valence-electron chi connectivity index (χ2n) is 8.16. The molecule has 0 amide bonds. The van der Waals surface area contributed by atoms with Gasteiger partial charge in [-0.25, -0.2) is 4.79 Å². The van der Waals surface area contributed by atoms with E-state index < -0.39 is 11.6 Å². The number of carbonyl (C=O) groups excluding carboxylic acids is 1. The summed E-state index contributed by atoms with van der Waals surface area (Å²) in [6.07, 6.45) is 5.89. The Labute approximate surface area is 145 Å². The van der Waals surface area contributed by atoms with Gasteiger partial charge >= 0.3 is 5.97 Å². The fourth-order valence-corrected chi connectivity index (χ4v) is 4.58. The second kappa shape index (κ2) is 7.06. The van der Waals surface area contributed by atoms with Crippen LogP contribution in [0, 0.1) is 29.6 Å². The van der Waals surface area contributed by atoms with Crippen LogP contribution in [0.15, 0.2) is 0 Å². The number of fused-ring (bicyclic) bond motifs is 3. The Bertz CT molecular complexity index is 519. The highest BCUT2D eigenvalue weighted by Gasteiger charge is 2.49. The maximum atomic E-state index is 13.0. The Balaban J connectivity index is 1.77. The minimum atomic E-state index is -1.63. The number of piperidine rings is 3. The first kappa shape index (κ1) is 17.8. The van der Waals surface area contributed by atoms with Gasteiger partial charge in [0.15, 0.2) is 0 Å². The summed E-state index contributed by atoms with van der Waals surface area (Å²) in [5.41, 5.74) is -1.63. The molecule has 4 heteroatoms.